The molecule has 0 bridgehead atoms. The summed E-state index contributed by atoms with van der Waals surface area (Å²) in [6.07, 6.45) is 2.29. The molecule has 1 saturated carbocycles. The van der Waals surface area contributed by atoms with Crippen molar-refractivity contribution in [3.63, 3.8) is 0 Å². The molecule has 2 aliphatic rings. The number of ether oxygens (including phenoxy) is 2. The van der Waals surface area contributed by atoms with Gasteiger partial charge in [0.05, 0.1) is 12.0 Å². The lowest BCUT2D eigenvalue weighted by atomic mass is 9.91. The third-order valence-electron chi connectivity index (χ3n) is 6.89. The molecule has 2 aromatic carbocycles. The van der Waals surface area contributed by atoms with Crippen LogP contribution in [0.25, 0.3) is 10.4 Å². The van der Waals surface area contributed by atoms with Crippen molar-refractivity contribution in [3.05, 3.63) is 77.3 Å². The minimum atomic E-state index is -4.14. The van der Waals surface area contributed by atoms with Crippen LogP contribution in [0.3, 0.4) is 0 Å². The van der Waals surface area contributed by atoms with Gasteiger partial charge in [0, 0.05) is 16.5 Å². The van der Waals surface area contributed by atoms with E-state index in [9.17, 15) is 18.3 Å². The van der Waals surface area contributed by atoms with Gasteiger partial charge in [0.2, 0.25) is 0 Å². The molecule has 1 aliphatic carbocycles. The molecule has 5 rings (SSSR count). The van der Waals surface area contributed by atoms with Crippen LogP contribution in [0.4, 0.5) is 0 Å². The molecule has 2 N–H and O–H groups in total. The average Bonchev–Trinajstić information content (AvgIpc) is 3.25. The van der Waals surface area contributed by atoms with Crippen LogP contribution in [0.2, 0.25) is 5.02 Å². The van der Waals surface area contributed by atoms with Gasteiger partial charge in [-0.3, -0.25) is 4.79 Å². The van der Waals surface area contributed by atoms with E-state index in [1.165, 1.54) is 6.07 Å². The molecule has 36 heavy (non-hydrogen) atoms. The summed E-state index contributed by atoms with van der Waals surface area (Å²) in [6, 6.07) is 19.4. The number of benzene rings is 2. The Balaban J connectivity index is 1.44. The number of thiophene rings is 1. The van der Waals surface area contributed by atoms with E-state index in [2.05, 4.69) is 4.72 Å². The molecular weight excluding hydrogens is 522 g/mol. The van der Waals surface area contributed by atoms with Crippen molar-refractivity contribution in [1.82, 2.24) is 4.72 Å². The van der Waals surface area contributed by atoms with Gasteiger partial charge >= 0.3 is 5.97 Å². The molecule has 1 saturated heterocycles. The van der Waals surface area contributed by atoms with Crippen molar-refractivity contribution in [3.8, 4) is 10.4 Å². The van der Waals surface area contributed by atoms with Crippen LogP contribution in [0.5, 0.6) is 0 Å². The fourth-order valence-electron chi connectivity index (χ4n) is 4.82. The van der Waals surface area contributed by atoms with E-state index in [1.54, 1.807) is 18.2 Å². The van der Waals surface area contributed by atoms with Crippen LogP contribution in [-0.2, 0) is 29.7 Å². The zero-order valence-electron chi connectivity index (χ0n) is 19.4. The summed E-state index contributed by atoms with van der Waals surface area (Å²) in [6.45, 7) is 0.616. The maximum Gasteiger partial charge on any atom is 0.325 e. The van der Waals surface area contributed by atoms with E-state index in [0.29, 0.717) is 17.2 Å². The largest absolute Gasteiger partial charge is 0.480 e. The van der Waals surface area contributed by atoms with Crippen LogP contribution >= 0.6 is 22.9 Å². The van der Waals surface area contributed by atoms with Gasteiger partial charge in [0.1, 0.15) is 9.75 Å². The average molecular weight is 548 g/mol. The zero-order valence-corrected chi connectivity index (χ0v) is 21.7. The number of nitrogens with one attached hydrogen (secondary N) is 1. The molecule has 2 heterocycles. The summed E-state index contributed by atoms with van der Waals surface area (Å²) in [5.41, 5.74) is -1.28. The Morgan fingerprint density at radius 3 is 2.53 bits per heavy atom. The number of halogens is 1. The summed E-state index contributed by atoms with van der Waals surface area (Å²) in [5.74, 6) is -1.24. The molecule has 3 atom stereocenters. The second-order valence-electron chi connectivity index (χ2n) is 9.17. The van der Waals surface area contributed by atoms with Gasteiger partial charge in [0.25, 0.3) is 10.0 Å². The van der Waals surface area contributed by atoms with Gasteiger partial charge in [0.15, 0.2) is 6.29 Å². The van der Waals surface area contributed by atoms with Gasteiger partial charge in [-0.25, -0.2) is 8.42 Å². The summed E-state index contributed by atoms with van der Waals surface area (Å²) in [7, 11) is -4.14. The van der Waals surface area contributed by atoms with Gasteiger partial charge in [-0.2, -0.15) is 4.72 Å². The maximum atomic E-state index is 13.5. The third kappa shape index (κ3) is 4.71. The smallest absolute Gasteiger partial charge is 0.325 e. The summed E-state index contributed by atoms with van der Waals surface area (Å²) >= 11 is 7.04. The van der Waals surface area contributed by atoms with Gasteiger partial charge < -0.3 is 14.6 Å². The predicted octanol–water partition coefficient (Wildman–Crippen LogP) is 5.06. The van der Waals surface area contributed by atoms with Crippen molar-refractivity contribution in [1.29, 1.82) is 0 Å². The summed E-state index contributed by atoms with van der Waals surface area (Å²) < 4.78 is 41.2. The fourth-order valence-corrected chi connectivity index (χ4v) is 7.68. The normalized spacial score (nSPS) is 26.0. The highest BCUT2D eigenvalue weighted by molar-refractivity contribution is 7.91. The number of hydrogen-bond donors (Lipinski definition) is 2. The first-order chi connectivity index (χ1) is 17.3. The first kappa shape index (κ1) is 25.4. The van der Waals surface area contributed by atoms with Crippen LogP contribution < -0.4 is 4.72 Å². The van der Waals surface area contributed by atoms with E-state index in [0.717, 1.165) is 41.0 Å². The molecule has 190 valence electrons. The molecule has 1 aliphatic heterocycles. The SMILES string of the molecule is O=C(O)[C@@]1(NS(=O)(=O)c2ccc(-c3ccc(Cl)cc3)s2)C[C@@]1(COC1CCCCO1)c1ccccc1. The van der Waals surface area contributed by atoms with Crippen LogP contribution in [0.15, 0.2) is 70.9 Å². The lowest BCUT2D eigenvalue weighted by Gasteiger charge is -2.28. The molecule has 3 aromatic rings. The molecule has 2 fully saturated rings. The van der Waals surface area contributed by atoms with Crippen LogP contribution in [-0.4, -0.2) is 44.5 Å². The fraction of sp³-hybridized carbons (Fsp3) is 0.346. The minimum absolute atomic E-state index is 0.0248. The zero-order chi connectivity index (χ0) is 25.4. The Bertz CT molecular complexity index is 1340. The van der Waals surface area contributed by atoms with Crippen molar-refractivity contribution in [2.24, 2.45) is 0 Å². The first-order valence-corrected chi connectivity index (χ1v) is 14.4. The quantitative estimate of drug-likeness (QED) is 0.388. The number of hydrogen-bond acceptors (Lipinski definition) is 6. The number of aliphatic carboxylic acids is 1. The molecule has 0 amide bonds. The Morgan fingerprint density at radius 1 is 1.11 bits per heavy atom. The Kier molecular flexibility index (Phi) is 6.97. The van der Waals surface area contributed by atoms with Gasteiger partial charge in [-0.05, 0) is 61.1 Å². The number of carboxylic acid groups (broad SMARTS) is 1. The number of carbonyl (C=O) groups is 1. The standard InChI is InChI=1S/C26H26ClNO6S2/c27-20-11-9-18(10-12-20)21-13-14-23(35-21)36(31,32)28-26(24(29)30)16-25(26,19-6-2-1-3-7-19)17-34-22-8-4-5-15-33-22/h1-3,6-7,9-14,22,28H,4-5,8,15-17H2,(H,29,30)/t22?,25-,26+/m1/s1. The highest BCUT2D eigenvalue weighted by atomic mass is 35.5. The molecule has 7 nitrogen and oxygen atoms in total. The molecule has 0 radical (unpaired) electrons. The molecular formula is C26H26ClNO6S2. The Hall–Kier alpha value is -2.27. The molecule has 1 aromatic heterocycles. The van der Waals surface area contributed by atoms with E-state index in [-0.39, 0.29) is 17.2 Å². The molecule has 0 spiro atoms. The van der Waals surface area contributed by atoms with Crippen molar-refractivity contribution in [2.45, 2.75) is 47.1 Å². The van der Waals surface area contributed by atoms with Crippen LogP contribution in [0, 0.1) is 0 Å². The van der Waals surface area contributed by atoms with Crippen molar-refractivity contribution < 1.29 is 27.8 Å². The van der Waals surface area contributed by atoms with E-state index in [4.69, 9.17) is 21.1 Å². The number of sulfonamides is 1. The second kappa shape index (κ2) is 9.89. The Morgan fingerprint density at radius 2 is 1.86 bits per heavy atom. The van der Waals surface area contributed by atoms with Crippen molar-refractivity contribution >= 4 is 38.9 Å². The second-order valence-corrected chi connectivity index (χ2v) is 12.6. The molecule has 10 heteroatoms. The topological polar surface area (TPSA) is 102 Å². The van der Waals surface area contributed by atoms with Gasteiger partial charge in [-0.1, -0.05) is 54.1 Å². The number of carboxylic acids is 1. The highest BCUT2D eigenvalue weighted by Gasteiger charge is 2.75. The first-order valence-electron chi connectivity index (χ1n) is 11.7. The Labute approximate surface area is 219 Å². The van der Waals surface area contributed by atoms with Crippen molar-refractivity contribution in [2.75, 3.05) is 13.2 Å². The summed E-state index contributed by atoms with van der Waals surface area (Å²) in [4.78, 5) is 13.4. The van der Waals surface area contributed by atoms with E-state index >= 15 is 0 Å². The number of rotatable bonds is 9. The third-order valence-corrected chi connectivity index (χ3v) is 10.3. The lowest BCUT2D eigenvalue weighted by Crippen LogP contribution is -2.50. The van der Waals surface area contributed by atoms with E-state index < -0.39 is 33.2 Å². The predicted molar refractivity (Wildman–Crippen MR) is 138 cm³/mol. The maximum absolute atomic E-state index is 13.5. The monoisotopic (exact) mass is 547 g/mol. The summed E-state index contributed by atoms with van der Waals surface area (Å²) in [5, 5.41) is 10.9. The van der Waals surface area contributed by atoms with E-state index in [1.807, 2.05) is 42.5 Å². The highest BCUT2D eigenvalue weighted by Crippen LogP contribution is 2.59. The minimum Gasteiger partial charge on any atom is -0.480 e. The van der Waals surface area contributed by atoms with Crippen LogP contribution in [0.1, 0.15) is 31.2 Å². The van der Waals surface area contributed by atoms with Gasteiger partial charge in [-0.15, -0.1) is 11.3 Å². The molecule has 1 unspecified atom stereocenters. The lowest BCUT2D eigenvalue weighted by molar-refractivity contribution is -0.169.